The Kier molecular flexibility index (Phi) is 18.4. The zero-order chi connectivity index (χ0) is 15.4. The van der Waals surface area contributed by atoms with Crippen LogP contribution in [0.4, 0.5) is 0 Å². The lowest BCUT2D eigenvalue weighted by atomic mass is 10.1. The molecule has 0 spiro atoms. The van der Waals surface area contributed by atoms with E-state index in [9.17, 15) is 4.79 Å². The summed E-state index contributed by atoms with van der Waals surface area (Å²) in [5.41, 5.74) is 0. The predicted octanol–water partition coefficient (Wildman–Crippen LogP) is 5.39. The standard InChI is InChI=1S/C18H34O3/c1-2-3-4-5-7-10-13-16-20-18-21-17-14-11-8-6-9-12-15-19/h14-15,17H,2-13,16,18H2,1H3. The summed E-state index contributed by atoms with van der Waals surface area (Å²) >= 11 is 0. The quantitative estimate of drug-likeness (QED) is 0.156. The number of carbonyl (C=O) groups excluding carboxylic acids is 1. The van der Waals surface area contributed by atoms with E-state index in [1.165, 1.54) is 38.5 Å². The Hall–Kier alpha value is -0.830. The molecule has 0 rings (SSSR count). The first kappa shape index (κ1) is 20.2. The molecule has 21 heavy (non-hydrogen) atoms. The molecule has 3 heteroatoms. The molecule has 0 aromatic heterocycles. The van der Waals surface area contributed by atoms with Crippen LogP contribution >= 0.6 is 0 Å². The second kappa shape index (κ2) is 19.2. The highest BCUT2D eigenvalue weighted by Crippen LogP contribution is 2.07. The van der Waals surface area contributed by atoms with E-state index in [0.717, 1.165) is 45.0 Å². The molecule has 124 valence electrons. The highest BCUT2D eigenvalue weighted by Gasteiger charge is 1.91. The van der Waals surface area contributed by atoms with E-state index in [1.54, 1.807) is 6.26 Å². The number of allylic oxidation sites excluding steroid dienone is 1. The van der Waals surface area contributed by atoms with Gasteiger partial charge in [0.1, 0.15) is 6.29 Å². The zero-order valence-electron chi connectivity index (χ0n) is 13.9. The van der Waals surface area contributed by atoms with Gasteiger partial charge in [0.05, 0.1) is 12.9 Å². The minimum Gasteiger partial charge on any atom is -0.475 e. The SMILES string of the molecule is CCCCCCCCCOCOC=CCCCCCC=O. The molecule has 0 aromatic carbocycles. The van der Waals surface area contributed by atoms with Gasteiger partial charge in [-0.25, -0.2) is 0 Å². The van der Waals surface area contributed by atoms with Crippen molar-refractivity contribution in [3.05, 3.63) is 12.3 Å². The van der Waals surface area contributed by atoms with Crippen LogP contribution in [0.5, 0.6) is 0 Å². The van der Waals surface area contributed by atoms with Crippen LogP contribution in [-0.4, -0.2) is 19.7 Å². The molecule has 0 aromatic rings. The van der Waals surface area contributed by atoms with Gasteiger partial charge >= 0.3 is 0 Å². The van der Waals surface area contributed by atoms with Crippen molar-refractivity contribution < 1.29 is 14.3 Å². The molecule has 0 radical (unpaired) electrons. The fourth-order valence-electron chi connectivity index (χ4n) is 2.11. The maximum Gasteiger partial charge on any atom is 0.188 e. The van der Waals surface area contributed by atoms with Gasteiger partial charge in [0.25, 0.3) is 0 Å². The summed E-state index contributed by atoms with van der Waals surface area (Å²) in [5, 5.41) is 0. The maximum absolute atomic E-state index is 10.1. The van der Waals surface area contributed by atoms with Crippen molar-refractivity contribution in [2.45, 2.75) is 84.0 Å². The number of hydrogen-bond acceptors (Lipinski definition) is 3. The smallest absolute Gasteiger partial charge is 0.188 e. The number of aldehydes is 1. The van der Waals surface area contributed by atoms with Crippen LogP contribution in [0.2, 0.25) is 0 Å². The van der Waals surface area contributed by atoms with Crippen LogP contribution in [0, 0.1) is 0 Å². The fraction of sp³-hybridized carbons (Fsp3) is 0.833. The highest BCUT2D eigenvalue weighted by atomic mass is 16.7. The summed E-state index contributed by atoms with van der Waals surface area (Å²) in [4.78, 5) is 10.1. The van der Waals surface area contributed by atoms with Gasteiger partial charge in [-0.1, -0.05) is 51.9 Å². The van der Waals surface area contributed by atoms with Crippen LogP contribution in [0.1, 0.15) is 84.0 Å². The second-order valence-corrected chi connectivity index (χ2v) is 5.49. The van der Waals surface area contributed by atoms with Crippen LogP contribution < -0.4 is 0 Å². The minimum atomic E-state index is 0.359. The summed E-state index contributed by atoms with van der Waals surface area (Å²) in [6.45, 7) is 3.40. The molecular formula is C18H34O3. The number of ether oxygens (including phenoxy) is 2. The summed E-state index contributed by atoms with van der Waals surface area (Å²) in [6.07, 6.45) is 18.8. The Morgan fingerprint density at radius 3 is 2.24 bits per heavy atom. The van der Waals surface area contributed by atoms with E-state index in [0.29, 0.717) is 13.2 Å². The number of hydrogen-bond donors (Lipinski definition) is 0. The average molecular weight is 298 g/mol. The summed E-state index contributed by atoms with van der Waals surface area (Å²) in [7, 11) is 0. The summed E-state index contributed by atoms with van der Waals surface area (Å²) in [6, 6.07) is 0. The van der Waals surface area contributed by atoms with E-state index in [4.69, 9.17) is 9.47 Å². The van der Waals surface area contributed by atoms with Crippen LogP contribution in [-0.2, 0) is 14.3 Å². The Morgan fingerprint density at radius 1 is 0.810 bits per heavy atom. The highest BCUT2D eigenvalue weighted by molar-refractivity contribution is 5.48. The lowest BCUT2D eigenvalue weighted by molar-refractivity contribution is -0.107. The Bertz CT molecular complexity index is 227. The van der Waals surface area contributed by atoms with E-state index < -0.39 is 0 Å². The first-order valence-corrected chi connectivity index (χ1v) is 8.69. The van der Waals surface area contributed by atoms with Crippen LogP contribution in [0.3, 0.4) is 0 Å². The van der Waals surface area contributed by atoms with Gasteiger partial charge < -0.3 is 14.3 Å². The summed E-state index contributed by atoms with van der Waals surface area (Å²) in [5.74, 6) is 0. The van der Waals surface area contributed by atoms with Crippen molar-refractivity contribution in [3.63, 3.8) is 0 Å². The van der Waals surface area contributed by atoms with Crippen molar-refractivity contribution >= 4 is 6.29 Å². The molecule has 0 saturated carbocycles. The molecule has 0 unspecified atom stereocenters. The molecule has 0 heterocycles. The number of unbranched alkanes of at least 4 members (excludes halogenated alkanes) is 10. The molecule has 0 bridgehead atoms. The molecule has 0 N–H and O–H groups in total. The van der Waals surface area contributed by atoms with Gasteiger partial charge in [0.2, 0.25) is 0 Å². The van der Waals surface area contributed by atoms with Gasteiger partial charge in [-0.2, -0.15) is 0 Å². The lowest BCUT2D eigenvalue weighted by Gasteiger charge is -2.04. The van der Waals surface area contributed by atoms with Gasteiger partial charge in [0.15, 0.2) is 6.79 Å². The molecular weight excluding hydrogens is 264 g/mol. The van der Waals surface area contributed by atoms with Gasteiger partial charge in [-0.15, -0.1) is 0 Å². The molecule has 0 amide bonds. The number of carbonyl (C=O) groups is 1. The van der Waals surface area contributed by atoms with E-state index in [1.807, 2.05) is 6.08 Å². The minimum absolute atomic E-state index is 0.359. The van der Waals surface area contributed by atoms with Crippen LogP contribution in [0.15, 0.2) is 12.3 Å². The second-order valence-electron chi connectivity index (χ2n) is 5.49. The van der Waals surface area contributed by atoms with Gasteiger partial charge in [0, 0.05) is 6.42 Å². The van der Waals surface area contributed by atoms with E-state index in [2.05, 4.69) is 6.92 Å². The fourth-order valence-corrected chi connectivity index (χ4v) is 2.11. The zero-order valence-corrected chi connectivity index (χ0v) is 13.9. The van der Waals surface area contributed by atoms with Crippen molar-refractivity contribution in [3.8, 4) is 0 Å². The first-order valence-electron chi connectivity index (χ1n) is 8.69. The van der Waals surface area contributed by atoms with Crippen molar-refractivity contribution in [1.82, 2.24) is 0 Å². The molecule has 0 aliphatic carbocycles. The Labute approximate surface area is 131 Å². The van der Waals surface area contributed by atoms with Crippen LogP contribution in [0.25, 0.3) is 0 Å². The molecule has 0 aliphatic heterocycles. The van der Waals surface area contributed by atoms with Gasteiger partial charge in [-0.3, -0.25) is 0 Å². The van der Waals surface area contributed by atoms with Gasteiger partial charge in [-0.05, 0) is 31.8 Å². The third-order valence-corrected chi connectivity index (χ3v) is 3.43. The molecule has 0 fully saturated rings. The Balaban J connectivity index is 3.02. The topological polar surface area (TPSA) is 35.5 Å². The molecule has 0 atom stereocenters. The first-order chi connectivity index (χ1) is 10.4. The van der Waals surface area contributed by atoms with E-state index in [-0.39, 0.29) is 0 Å². The normalized spacial score (nSPS) is 11.1. The largest absolute Gasteiger partial charge is 0.475 e. The predicted molar refractivity (Wildman–Crippen MR) is 88.2 cm³/mol. The third kappa shape index (κ3) is 19.2. The van der Waals surface area contributed by atoms with Crippen molar-refractivity contribution in [2.24, 2.45) is 0 Å². The Morgan fingerprint density at radius 2 is 1.48 bits per heavy atom. The lowest BCUT2D eigenvalue weighted by Crippen LogP contribution is -1.98. The average Bonchev–Trinajstić information content (AvgIpc) is 2.50. The number of rotatable bonds is 17. The van der Waals surface area contributed by atoms with E-state index >= 15 is 0 Å². The third-order valence-electron chi connectivity index (χ3n) is 3.43. The molecule has 3 nitrogen and oxygen atoms in total. The molecule has 0 aliphatic rings. The summed E-state index contributed by atoms with van der Waals surface area (Å²) < 4.78 is 10.7. The van der Waals surface area contributed by atoms with Crippen molar-refractivity contribution in [2.75, 3.05) is 13.4 Å². The maximum atomic E-state index is 10.1. The van der Waals surface area contributed by atoms with Crippen molar-refractivity contribution in [1.29, 1.82) is 0 Å². The monoisotopic (exact) mass is 298 g/mol. The molecule has 0 saturated heterocycles.